The molecule has 0 spiro atoms. The summed E-state index contributed by atoms with van der Waals surface area (Å²) in [5.41, 5.74) is 9.25. The predicted molar refractivity (Wildman–Crippen MR) is 38.3 cm³/mol. The summed E-state index contributed by atoms with van der Waals surface area (Å²) in [6, 6.07) is 1.66. The molecular formula is C4H6N4OS. The molecule has 1 amide bonds. The first kappa shape index (κ1) is 8.65. The molecule has 0 aromatic carbocycles. The molecule has 0 saturated heterocycles. The second kappa shape index (κ2) is 4.52. The summed E-state index contributed by atoms with van der Waals surface area (Å²) in [5.74, 6) is -0.463. The van der Waals surface area contributed by atoms with E-state index in [9.17, 15) is 4.79 Å². The van der Waals surface area contributed by atoms with Crippen LogP contribution in [0.3, 0.4) is 0 Å². The number of nitrogens with one attached hydrogen (secondary N) is 2. The van der Waals surface area contributed by atoms with Crippen molar-refractivity contribution in [3.05, 3.63) is 0 Å². The lowest BCUT2D eigenvalue weighted by Gasteiger charge is -2.01. The minimum Gasteiger partial charge on any atom is -0.375 e. The molecule has 0 unspecified atom stereocenters. The highest BCUT2D eigenvalue weighted by Crippen LogP contribution is 1.70. The topological polar surface area (TPSA) is 90.9 Å². The van der Waals surface area contributed by atoms with Gasteiger partial charge in [0, 0.05) is 0 Å². The van der Waals surface area contributed by atoms with E-state index in [1.54, 1.807) is 6.07 Å². The smallest absolute Gasteiger partial charge is 0.252 e. The van der Waals surface area contributed by atoms with Crippen molar-refractivity contribution in [1.82, 2.24) is 10.9 Å². The molecule has 0 rings (SSSR count). The number of nitrogens with zero attached hydrogens (tertiary/aromatic N) is 1. The van der Waals surface area contributed by atoms with Gasteiger partial charge >= 0.3 is 0 Å². The first-order valence-electron chi connectivity index (χ1n) is 2.38. The Balaban J connectivity index is 3.42. The van der Waals surface area contributed by atoms with Crippen molar-refractivity contribution < 1.29 is 4.79 Å². The Morgan fingerprint density at radius 3 is 2.70 bits per heavy atom. The van der Waals surface area contributed by atoms with Gasteiger partial charge in [-0.15, -0.1) is 0 Å². The summed E-state index contributed by atoms with van der Waals surface area (Å²) >= 11 is 4.37. The minimum absolute atomic E-state index is 0.0358. The number of carbonyl (C=O) groups excluding carboxylic acids is 1. The van der Waals surface area contributed by atoms with Gasteiger partial charge in [-0.2, -0.15) is 5.26 Å². The number of amides is 1. The lowest BCUT2D eigenvalue weighted by molar-refractivity contribution is -0.120. The Kier molecular flexibility index (Phi) is 3.91. The fourth-order valence-corrected chi connectivity index (χ4v) is 0.298. The Labute approximate surface area is 63.2 Å². The van der Waals surface area contributed by atoms with Gasteiger partial charge in [-0.25, -0.2) is 0 Å². The summed E-state index contributed by atoms with van der Waals surface area (Å²) in [7, 11) is 0. The zero-order valence-corrected chi connectivity index (χ0v) is 5.86. The van der Waals surface area contributed by atoms with E-state index in [2.05, 4.69) is 23.1 Å². The molecule has 0 aliphatic rings. The van der Waals surface area contributed by atoms with Crippen LogP contribution in [0.25, 0.3) is 0 Å². The molecule has 0 saturated carbocycles. The number of hydrogen-bond acceptors (Lipinski definition) is 3. The lowest BCUT2D eigenvalue weighted by atomic mass is 10.5. The number of hydrogen-bond donors (Lipinski definition) is 3. The Morgan fingerprint density at radius 1 is 1.70 bits per heavy atom. The molecule has 0 fully saturated rings. The third kappa shape index (κ3) is 4.80. The molecule has 0 aromatic heterocycles. The average Bonchev–Trinajstić information content (AvgIpc) is 1.85. The minimum atomic E-state index is -0.463. The van der Waals surface area contributed by atoms with Crippen LogP contribution in [-0.4, -0.2) is 11.0 Å². The zero-order chi connectivity index (χ0) is 7.98. The average molecular weight is 158 g/mol. The highest BCUT2D eigenvalue weighted by atomic mass is 32.1. The fourth-order valence-electron chi connectivity index (χ4n) is 0.247. The second-order valence-corrected chi connectivity index (χ2v) is 1.81. The van der Waals surface area contributed by atoms with Gasteiger partial charge in [-0.3, -0.25) is 15.6 Å². The van der Waals surface area contributed by atoms with E-state index in [-0.39, 0.29) is 11.5 Å². The maximum atomic E-state index is 10.4. The monoisotopic (exact) mass is 158 g/mol. The Bertz CT molecular complexity index is 184. The van der Waals surface area contributed by atoms with Gasteiger partial charge in [0.15, 0.2) is 5.11 Å². The van der Waals surface area contributed by atoms with E-state index in [1.807, 2.05) is 0 Å². The summed E-state index contributed by atoms with van der Waals surface area (Å²) in [6.07, 6.45) is -0.213. The molecule has 6 heteroatoms. The second-order valence-electron chi connectivity index (χ2n) is 1.37. The summed E-state index contributed by atoms with van der Waals surface area (Å²) < 4.78 is 0. The molecular weight excluding hydrogens is 152 g/mol. The van der Waals surface area contributed by atoms with E-state index >= 15 is 0 Å². The summed E-state index contributed by atoms with van der Waals surface area (Å²) in [4.78, 5) is 10.4. The van der Waals surface area contributed by atoms with Gasteiger partial charge in [0.1, 0.15) is 6.42 Å². The van der Waals surface area contributed by atoms with Crippen molar-refractivity contribution in [2.75, 3.05) is 0 Å². The number of hydrazine groups is 1. The molecule has 0 aromatic rings. The van der Waals surface area contributed by atoms with Crippen LogP contribution in [0.15, 0.2) is 0 Å². The number of nitriles is 1. The van der Waals surface area contributed by atoms with Gasteiger partial charge in [-0.05, 0) is 12.2 Å². The van der Waals surface area contributed by atoms with Crippen LogP contribution < -0.4 is 16.6 Å². The van der Waals surface area contributed by atoms with Crippen molar-refractivity contribution in [3.63, 3.8) is 0 Å². The molecule has 0 aliphatic carbocycles. The standard InChI is InChI=1S/C4H6N4OS/c5-2-1-3(9)7-8-4(6)10/h1H2,(H,7,9)(H3,6,8,10). The zero-order valence-electron chi connectivity index (χ0n) is 5.05. The molecule has 54 valence electrons. The van der Waals surface area contributed by atoms with E-state index in [0.717, 1.165) is 0 Å². The van der Waals surface area contributed by atoms with Crippen LogP contribution in [0.5, 0.6) is 0 Å². The molecule has 0 bridgehead atoms. The third-order valence-corrected chi connectivity index (χ3v) is 0.667. The Hall–Kier alpha value is -1.35. The fraction of sp³-hybridized carbons (Fsp3) is 0.250. The van der Waals surface area contributed by atoms with Crippen LogP contribution in [-0.2, 0) is 4.79 Å². The van der Waals surface area contributed by atoms with Gasteiger partial charge in [0.25, 0.3) is 5.91 Å². The molecule has 10 heavy (non-hydrogen) atoms. The van der Waals surface area contributed by atoms with Gasteiger partial charge in [0.2, 0.25) is 0 Å². The van der Waals surface area contributed by atoms with Crippen LogP contribution in [0.1, 0.15) is 6.42 Å². The van der Waals surface area contributed by atoms with Gasteiger partial charge in [0.05, 0.1) is 6.07 Å². The molecule has 0 radical (unpaired) electrons. The van der Waals surface area contributed by atoms with Crippen molar-refractivity contribution in [2.24, 2.45) is 5.73 Å². The number of thiocarbonyl (C=S) groups is 1. The molecule has 0 atom stereocenters. The predicted octanol–water partition coefficient (Wildman–Crippen LogP) is -1.24. The normalized spacial score (nSPS) is 7.50. The summed E-state index contributed by atoms with van der Waals surface area (Å²) in [6.45, 7) is 0. The van der Waals surface area contributed by atoms with Crippen LogP contribution >= 0.6 is 12.2 Å². The maximum absolute atomic E-state index is 10.4. The molecule has 4 N–H and O–H groups in total. The third-order valence-electron chi connectivity index (χ3n) is 0.565. The molecule has 0 aliphatic heterocycles. The highest BCUT2D eigenvalue weighted by Gasteiger charge is 1.96. The van der Waals surface area contributed by atoms with E-state index in [0.29, 0.717) is 0 Å². The van der Waals surface area contributed by atoms with Crippen LogP contribution in [0.4, 0.5) is 0 Å². The first-order chi connectivity index (χ1) is 4.66. The van der Waals surface area contributed by atoms with Gasteiger partial charge in [-0.1, -0.05) is 0 Å². The lowest BCUT2D eigenvalue weighted by Crippen LogP contribution is -2.44. The summed E-state index contributed by atoms with van der Waals surface area (Å²) in [5, 5.41) is 7.96. The van der Waals surface area contributed by atoms with Crippen molar-refractivity contribution in [3.8, 4) is 6.07 Å². The van der Waals surface area contributed by atoms with E-state index in [1.165, 1.54) is 0 Å². The Morgan fingerprint density at radius 2 is 2.30 bits per heavy atom. The maximum Gasteiger partial charge on any atom is 0.252 e. The van der Waals surface area contributed by atoms with E-state index < -0.39 is 5.91 Å². The molecule has 0 heterocycles. The van der Waals surface area contributed by atoms with Crippen LogP contribution in [0, 0.1) is 11.3 Å². The highest BCUT2D eigenvalue weighted by molar-refractivity contribution is 7.80. The number of nitrogens with two attached hydrogens (primary N) is 1. The number of carbonyl (C=O) groups is 1. The van der Waals surface area contributed by atoms with Crippen LogP contribution in [0.2, 0.25) is 0 Å². The quantitative estimate of drug-likeness (QED) is 0.328. The van der Waals surface area contributed by atoms with Crippen molar-refractivity contribution in [2.45, 2.75) is 6.42 Å². The SMILES string of the molecule is N#CCC(=O)NNC(N)=S. The van der Waals surface area contributed by atoms with Crippen molar-refractivity contribution >= 4 is 23.2 Å². The first-order valence-corrected chi connectivity index (χ1v) is 2.79. The molecule has 5 nitrogen and oxygen atoms in total. The van der Waals surface area contributed by atoms with E-state index in [4.69, 9.17) is 11.0 Å². The van der Waals surface area contributed by atoms with Crippen molar-refractivity contribution in [1.29, 1.82) is 5.26 Å². The number of rotatable bonds is 1. The van der Waals surface area contributed by atoms with Gasteiger partial charge < -0.3 is 5.73 Å². The largest absolute Gasteiger partial charge is 0.375 e.